The van der Waals surface area contributed by atoms with Crippen molar-refractivity contribution in [1.82, 2.24) is 5.32 Å². The summed E-state index contributed by atoms with van der Waals surface area (Å²) >= 11 is 0. The minimum absolute atomic E-state index is 0.0742. The number of carbonyl (C=O) groups excluding carboxylic acids is 2. The summed E-state index contributed by atoms with van der Waals surface area (Å²) in [7, 11) is 0. The number of aryl methyl sites for hydroxylation is 1. The lowest BCUT2D eigenvalue weighted by Gasteiger charge is -2.22. The molecule has 0 fully saturated rings. The molecule has 4 nitrogen and oxygen atoms in total. The number of nitrogens with one attached hydrogen (secondary N) is 2. The standard InChI is InChI=1S/C20H23FN2O2/c1-4-14-9-5-8-12-17(14)22-20(25)18(13(2)3)23-19(24)15-10-6-7-11-16(15)21/h5-13,18H,4H2,1-3H3,(H,22,25)(H,23,24)/t18-/m0/s1. The van der Waals surface area contributed by atoms with Gasteiger partial charge in [-0.05, 0) is 36.1 Å². The van der Waals surface area contributed by atoms with Gasteiger partial charge in [-0.2, -0.15) is 0 Å². The van der Waals surface area contributed by atoms with Crippen molar-refractivity contribution >= 4 is 17.5 Å². The lowest BCUT2D eigenvalue weighted by molar-refractivity contribution is -0.118. The van der Waals surface area contributed by atoms with Crippen LogP contribution in [0, 0.1) is 11.7 Å². The quantitative estimate of drug-likeness (QED) is 0.839. The molecule has 0 aliphatic heterocycles. The highest BCUT2D eigenvalue weighted by atomic mass is 19.1. The molecular weight excluding hydrogens is 319 g/mol. The molecule has 0 radical (unpaired) electrons. The van der Waals surface area contributed by atoms with E-state index in [1.807, 2.05) is 45.0 Å². The van der Waals surface area contributed by atoms with Crippen LogP contribution in [0.4, 0.5) is 10.1 Å². The molecule has 0 saturated carbocycles. The average molecular weight is 342 g/mol. The molecule has 0 spiro atoms. The van der Waals surface area contributed by atoms with Crippen molar-refractivity contribution in [3.63, 3.8) is 0 Å². The lowest BCUT2D eigenvalue weighted by Crippen LogP contribution is -2.47. The molecule has 2 aromatic rings. The summed E-state index contributed by atoms with van der Waals surface area (Å²) in [5.74, 6) is -1.68. The average Bonchev–Trinajstić information content (AvgIpc) is 2.60. The number of anilines is 1. The number of amides is 2. The molecule has 25 heavy (non-hydrogen) atoms. The Morgan fingerprint density at radius 1 is 1.04 bits per heavy atom. The molecule has 0 aromatic heterocycles. The highest BCUT2D eigenvalue weighted by molar-refractivity contribution is 6.01. The summed E-state index contributed by atoms with van der Waals surface area (Å²) < 4.78 is 13.8. The van der Waals surface area contributed by atoms with Crippen molar-refractivity contribution in [2.75, 3.05) is 5.32 Å². The van der Waals surface area contributed by atoms with Gasteiger partial charge in [0, 0.05) is 5.69 Å². The molecule has 0 aliphatic rings. The van der Waals surface area contributed by atoms with Crippen molar-refractivity contribution in [2.45, 2.75) is 33.2 Å². The van der Waals surface area contributed by atoms with Crippen molar-refractivity contribution < 1.29 is 14.0 Å². The van der Waals surface area contributed by atoms with Gasteiger partial charge in [0.2, 0.25) is 5.91 Å². The zero-order chi connectivity index (χ0) is 18.4. The van der Waals surface area contributed by atoms with Crippen LogP contribution in [0.3, 0.4) is 0 Å². The number of hydrogen-bond acceptors (Lipinski definition) is 2. The van der Waals surface area contributed by atoms with E-state index in [0.717, 1.165) is 17.7 Å². The van der Waals surface area contributed by atoms with Gasteiger partial charge in [0.1, 0.15) is 11.9 Å². The first-order chi connectivity index (χ1) is 11.9. The van der Waals surface area contributed by atoms with Crippen LogP contribution in [-0.2, 0) is 11.2 Å². The largest absolute Gasteiger partial charge is 0.340 e. The molecule has 1 atom stereocenters. The highest BCUT2D eigenvalue weighted by Gasteiger charge is 2.26. The zero-order valence-electron chi connectivity index (χ0n) is 14.7. The molecule has 2 rings (SSSR count). The molecule has 132 valence electrons. The van der Waals surface area contributed by atoms with Gasteiger partial charge >= 0.3 is 0 Å². The van der Waals surface area contributed by atoms with E-state index in [1.165, 1.54) is 18.2 Å². The topological polar surface area (TPSA) is 58.2 Å². The van der Waals surface area contributed by atoms with Crippen LogP contribution in [0.2, 0.25) is 0 Å². The van der Waals surface area contributed by atoms with Crippen molar-refractivity contribution in [3.8, 4) is 0 Å². The molecular formula is C20H23FN2O2. The summed E-state index contributed by atoms with van der Waals surface area (Å²) in [6.07, 6.45) is 0.782. The molecule has 5 heteroatoms. The molecule has 0 aliphatic carbocycles. The number of benzene rings is 2. The van der Waals surface area contributed by atoms with Gasteiger partial charge in [-0.3, -0.25) is 9.59 Å². The number of rotatable bonds is 6. The molecule has 0 bridgehead atoms. The van der Waals surface area contributed by atoms with Crippen LogP contribution in [0.25, 0.3) is 0 Å². The van der Waals surface area contributed by atoms with E-state index in [1.54, 1.807) is 6.07 Å². The van der Waals surface area contributed by atoms with Crippen molar-refractivity contribution in [3.05, 3.63) is 65.5 Å². The van der Waals surface area contributed by atoms with Gasteiger partial charge in [0.05, 0.1) is 5.56 Å². The Hall–Kier alpha value is -2.69. The van der Waals surface area contributed by atoms with E-state index >= 15 is 0 Å². The fourth-order valence-electron chi connectivity index (χ4n) is 2.56. The predicted octanol–water partition coefficient (Wildman–Crippen LogP) is 3.78. The van der Waals surface area contributed by atoms with E-state index in [0.29, 0.717) is 0 Å². The van der Waals surface area contributed by atoms with Crippen LogP contribution in [0.15, 0.2) is 48.5 Å². The molecule has 2 N–H and O–H groups in total. The van der Waals surface area contributed by atoms with Crippen LogP contribution >= 0.6 is 0 Å². The molecule has 0 unspecified atom stereocenters. The maximum atomic E-state index is 13.8. The Bertz CT molecular complexity index is 759. The Kier molecular flexibility index (Phi) is 6.28. The van der Waals surface area contributed by atoms with Crippen LogP contribution in [0.5, 0.6) is 0 Å². The number of halogens is 1. The monoisotopic (exact) mass is 342 g/mol. The van der Waals surface area contributed by atoms with Crippen molar-refractivity contribution in [2.24, 2.45) is 5.92 Å². The Morgan fingerprint density at radius 2 is 1.68 bits per heavy atom. The molecule has 2 aromatic carbocycles. The predicted molar refractivity (Wildman–Crippen MR) is 96.9 cm³/mol. The van der Waals surface area contributed by atoms with Crippen LogP contribution < -0.4 is 10.6 Å². The smallest absolute Gasteiger partial charge is 0.254 e. The van der Waals surface area contributed by atoms with E-state index < -0.39 is 17.8 Å². The van der Waals surface area contributed by atoms with Crippen LogP contribution in [-0.4, -0.2) is 17.9 Å². The fourth-order valence-corrected chi connectivity index (χ4v) is 2.56. The van der Waals surface area contributed by atoms with Crippen LogP contribution in [0.1, 0.15) is 36.7 Å². The van der Waals surface area contributed by atoms with E-state index in [-0.39, 0.29) is 17.4 Å². The summed E-state index contributed by atoms with van der Waals surface area (Å²) in [5, 5.41) is 5.51. The summed E-state index contributed by atoms with van der Waals surface area (Å²) in [6, 6.07) is 12.5. The third kappa shape index (κ3) is 4.66. The Morgan fingerprint density at radius 3 is 2.32 bits per heavy atom. The Labute approximate surface area is 147 Å². The van der Waals surface area contributed by atoms with Gasteiger partial charge < -0.3 is 10.6 Å². The van der Waals surface area contributed by atoms with E-state index in [4.69, 9.17) is 0 Å². The first kappa shape index (κ1) is 18.6. The SMILES string of the molecule is CCc1ccccc1NC(=O)[C@@H](NC(=O)c1ccccc1F)C(C)C. The normalized spacial score (nSPS) is 11.9. The summed E-state index contributed by atoms with van der Waals surface area (Å²) in [4.78, 5) is 25.0. The Balaban J connectivity index is 2.16. The lowest BCUT2D eigenvalue weighted by atomic mass is 10.0. The minimum Gasteiger partial charge on any atom is -0.340 e. The highest BCUT2D eigenvalue weighted by Crippen LogP contribution is 2.17. The van der Waals surface area contributed by atoms with E-state index in [9.17, 15) is 14.0 Å². The maximum absolute atomic E-state index is 13.8. The van der Waals surface area contributed by atoms with Gasteiger partial charge in [0.25, 0.3) is 5.91 Å². The third-order valence-electron chi connectivity index (χ3n) is 4.01. The minimum atomic E-state index is -0.767. The first-order valence-electron chi connectivity index (χ1n) is 8.38. The maximum Gasteiger partial charge on any atom is 0.254 e. The van der Waals surface area contributed by atoms with Gasteiger partial charge in [-0.15, -0.1) is 0 Å². The number of carbonyl (C=O) groups is 2. The fraction of sp³-hybridized carbons (Fsp3) is 0.300. The van der Waals surface area contributed by atoms with Gasteiger partial charge in [0.15, 0.2) is 0 Å². The van der Waals surface area contributed by atoms with E-state index in [2.05, 4.69) is 10.6 Å². The van der Waals surface area contributed by atoms with Gasteiger partial charge in [-0.25, -0.2) is 4.39 Å². The molecule has 0 saturated heterocycles. The van der Waals surface area contributed by atoms with Crippen molar-refractivity contribution in [1.29, 1.82) is 0 Å². The van der Waals surface area contributed by atoms with Gasteiger partial charge in [-0.1, -0.05) is 51.1 Å². The molecule has 0 heterocycles. The summed E-state index contributed by atoms with van der Waals surface area (Å²) in [6.45, 7) is 5.67. The summed E-state index contributed by atoms with van der Waals surface area (Å²) in [5.41, 5.74) is 1.66. The second kappa shape index (κ2) is 8.42. The molecule has 2 amide bonds. The zero-order valence-corrected chi connectivity index (χ0v) is 14.7. The second-order valence-electron chi connectivity index (χ2n) is 6.17. The second-order valence-corrected chi connectivity index (χ2v) is 6.17. The first-order valence-corrected chi connectivity index (χ1v) is 8.38. The number of para-hydroxylation sites is 1. The number of hydrogen-bond donors (Lipinski definition) is 2. The third-order valence-corrected chi connectivity index (χ3v) is 4.01.